The Morgan fingerprint density at radius 1 is 1.00 bits per heavy atom. The summed E-state index contributed by atoms with van der Waals surface area (Å²) in [6, 6.07) is 2.60. The monoisotopic (exact) mass is 361 g/mol. The summed E-state index contributed by atoms with van der Waals surface area (Å²) in [7, 11) is 0. The SMILES string of the molecule is CCCCCC[C@]1(C#N)CC[C@@H](C(=O)O[C@H]2CC[C@H](CCC)CC2)CC1. The molecular formula is C23H39NO2. The molecule has 0 aromatic carbocycles. The molecule has 2 aliphatic carbocycles. The number of ether oxygens (including phenoxy) is 1. The van der Waals surface area contributed by atoms with Crippen LogP contribution in [-0.2, 0) is 9.53 Å². The second-order valence-electron chi connectivity index (χ2n) is 8.85. The highest BCUT2D eigenvalue weighted by atomic mass is 16.5. The van der Waals surface area contributed by atoms with Gasteiger partial charge in [0.1, 0.15) is 6.10 Å². The van der Waals surface area contributed by atoms with E-state index in [1.54, 1.807) is 0 Å². The Balaban J connectivity index is 1.71. The molecule has 2 rings (SSSR count). The van der Waals surface area contributed by atoms with Gasteiger partial charge in [-0.25, -0.2) is 0 Å². The van der Waals surface area contributed by atoms with Gasteiger partial charge in [-0.3, -0.25) is 4.79 Å². The molecule has 2 fully saturated rings. The second-order valence-corrected chi connectivity index (χ2v) is 8.85. The van der Waals surface area contributed by atoms with Crippen molar-refractivity contribution in [3.63, 3.8) is 0 Å². The van der Waals surface area contributed by atoms with Gasteiger partial charge in [-0.2, -0.15) is 5.26 Å². The van der Waals surface area contributed by atoms with E-state index in [0.717, 1.165) is 57.3 Å². The predicted octanol–water partition coefficient (Wildman–Crippen LogP) is 6.56. The quantitative estimate of drug-likeness (QED) is 0.345. The topological polar surface area (TPSA) is 50.1 Å². The van der Waals surface area contributed by atoms with Gasteiger partial charge in [0.2, 0.25) is 0 Å². The summed E-state index contributed by atoms with van der Waals surface area (Å²) in [6.07, 6.45) is 16.5. The maximum absolute atomic E-state index is 12.6. The van der Waals surface area contributed by atoms with E-state index < -0.39 is 0 Å². The van der Waals surface area contributed by atoms with Gasteiger partial charge in [-0.05, 0) is 63.7 Å². The first-order valence-electron chi connectivity index (χ1n) is 11.2. The molecule has 0 atom stereocenters. The average Bonchev–Trinajstić information content (AvgIpc) is 2.67. The summed E-state index contributed by atoms with van der Waals surface area (Å²) in [6.45, 7) is 4.47. The van der Waals surface area contributed by atoms with Gasteiger partial charge < -0.3 is 4.74 Å². The summed E-state index contributed by atoms with van der Waals surface area (Å²) < 4.78 is 5.85. The Kier molecular flexibility index (Phi) is 8.96. The molecule has 2 aliphatic rings. The zero-order valence-electron chi connectivity index (χ0n) is 17.1. The standard InChI is InChI=1S/C23H39NO2/c1-3-5-6-7-15-23(18-24)16-13-20(14-17-23)22(25)26-21-11-9-19(8-4-2)10-12-21/h19-21H,3-17H2,1-2H3/t19-,20-,21-,23+. The molecule has 2 saturated carbocycles. The minimum atomic E-state index is -0.178. The molecule has 26 heavy (non-hydrogen) atoms. The first-order valence-corrected chi connectivity index (χ1v) is 11.2. The first kappa shape index (κ1) is 21.3. The van der Waals surface area contributed by atoms with Crippen LogP contribution in [-0.4, -0.2) is 12.1 Å². The van der Waals surface area contributed by atoms with Gasteiger partial charge in [0.25, 0.3) is 0 Å². The van der Waals surface area contributed by atoms with Crippen molar-refractivity contribution in [1.82, 2.24) is 0 Å². The number of rotatable bonds is 9. The minimum Gasteiger partial charge on any atom is -0.462 e. The van der Waals surface area contributed by atoms with Crippen LogP contribution in [0.4, 0.5) is 0 Å². The number of unbranched alkanes of at least 4 members (excludes halogenated alkanes) is 3. The van der Waals surface area contributed by atoms with Gasteiger partial charge in [-0.15, -0.1) is 0 Å². The Morgan fingerprint density at radius 2 is 1.69 bits per heavy atom. The number of esters is 1. The van der Waals surface area contributed by atoms with Crippen LogP contribution in [0.5, 0.6) is 0 Å². The highest BCUT2D eigenvalue weighted by molar-refractivity contribution is 5.72. The summed E-state index contributed by atoms with van der Waals surface area (Å²) >= 11 is 0. The fourth-order valence-electron chi connectivity index (χ4n) is 4.92. The molecule has 0 aromatic heterocycles. The lowest BCUT2D eigenvalue weighted by Gasteiger charge is -2.35. The molecule has 3 heteroatoms. The number of hydrogen-bond donors (Lipinski definition) is 0. The smallest absolute Gasteiger partial charge is 0.309 e. The normalized spacial score (nSPS) is 32.0. The van der Waals surface area contributed by atoms with Crippen molar-refractivity contribution in [2.75, 3.05) is 0 Å². The van der Waals surface area contributed by atoms with E-state index in [0.29, 0.717) is 0 Å². The van der Waals surface area contributed by atoms with Gasteiger partial charge in [0.15, 0.2) is 0 Å². The van der Waals surface area contributed by atoms with Gasteiger partial charge >= 0.3 is 5.97 Å². The third kappa shape index (κ3) is 6.29. The van der Waals surface area contributed by atoms with E-state index in [4.69, 9.17) is 4.74 Å². The zero-order chi connectivity index (χ0) is 18.8. The number of nitriles is 1. The third-order valence-corrected chi connectivity index (χ3v) is 6.80. The highest BCUT2D eigenvalue weighted by Crippen LogP contribution is 2.43. The number of carbonyl (C=O) groups is 1. The van der Waals surface area contributed by atoms with Crippen molar-refractivity contribution in [2.24, 2.45) is 17.3 Å². The molecule has 0 heterocycles. The third-order valence-electron chi connectivity index (χ3n) is 6.80. The molecule has 0 aromatic rings. The van der Waals surface area contributed by atoms with Crippen LogP contribution in [0.1, 0.15) is 110 Å². The second kappa shape index (κ2) is 11.0. The molecule has 0 unspecified atom stereocenters. The molecule has 0 amide bonds. The minimum absolute atomic E-state index is 0.0152. The molecule has 3 nitrogen and oxygen atoms in total. The fourth-order valence-corrected chi connectivity index (χ4v) is 4.92. The molecule has 0 radical (unpaired) electrons. The van der Waals surface area contributed by atoms with Gasteiger partial charge in [-0.1, -0.05) is 52.4 Å². The van der Waals surface area contributed by atoms with Crippen molar-refractivity contribution < 1.29 is 9.53 Å². The Bertz CT molecular complexity index is 451. The van der Waals surface area contributed by atoms with Crippen LogP contribution in [0.3, 0.4) is 0 Å². The zero-order valence-corrected chi connectivity index (χ0v) is 17.1. The Morgan fingerprint density at radius 3 is 2.27 bits per heavy atom. The van der Waals surface area contributed by atoms with Gasteiger partial charge in [0, 0.05) is 0 Å². The number of hydrogen-bond acceptors (Lipinski definition) is 3. The van der Waals surface area contributed by atoms with Crippen LogP contribution >= 0.6 is 0 Å². The number of carbonyl (C=O) groups excluding carboxylic acids is 1. The summed E-state index contributed by atoms with van der Waals surface area (Å²) in [5.41, 5.74) is -0.178. The largest absolute Gasteiger partial charge is 0.462 e. The fraction of sp³-hybridized carbons (Fsp3) is 0.913. The molecule has 0 N–H and O–H groups in total. The van der Waals surface area contributed by atoms with Gasteiger partial charge in [0.05, 0.1) is 17.4 Å². The summed E-state index contributed by atoms with van der Waals surface area (Å²) in [5.74, 6) is 0.885. The van der Waals surface area contributed by atoms with Crippen LogP contribution < -0.4 is 0 Å². The molecule has 0 aliphatic heterocycles. The average molecular weight is 362 g/mol. The first-order chi connectivity index (χ1) is 12.6. The Hall–Kier alpha value is -1.04. The summed E-state index contributed by atoms with van der Waals surface area (Å²) in [4.78, 5) is 12.6. The predicted molar refractivity (Wildman–Crippen MR) is 106 cm³/mol. The van der Waals surface area contributed by atoms with E-state index in [1.807, 2.05) is 0 Å². The molecule has 0 spiro atoms. The van der Waals surface area contributed by atoms with Crippen LogP contribution in [0.2, 0.25) is 0 Å². The maximum atomic E-state index is 12.6. The van der Waals surface area contributed by atoms with E-state index in [9.17, 15) is 10.1 Å². The lowest BCUT2D eigenvalue weighted by molar-refractivity contribution is -0.157. The highest BCUT2D eigenvalue weighted by Gasteiger charge is 2.38. The van der Waals surface area contributed by atoms with Crippen molar-refractivity contribution in [3.05, 3.63) is 0 Å². The van der Waals surface area contributed by atoms with Crippen LogP contribution in [0.25, 0.3) is 0 Å². The molecule has 148 valence electrons. The van der Waals surface area contributed by atoms with E-state index in [2.05, 4.69) is 19.9 Å². The van der Waals surface area contributed by atoms with Crippen LogP contribution in [0.15, 0.2) is 0 Å². The van der Waals surface area contributed by atoms with Crippen molar-refractivity contribution >= 4 is 5.97 Å². The lowest BCUT2D eigenvalue weighted by atomic mass is 9.69. The van der Waals surface area contributed by atoms with Crippen molar-refractivity contribution in [2.45, 2.75) is 116 Å². The number of nitrogens with zero attached hydrogens (tertiary/aromatic N) is 1. The van der Waals surface area contributed by atoms with Crippen LogP contribution in [0, 0.1) is 28.6 Å². The van der Waals surface area contributed by atoms with E-state index in [-0.39, 0.29) is 23.4 Å². The maximum Gasteiger partial charge on any atom is 0.309 e. The molecular weight excluding hydrogens is 322 g/mol. The lowest BCUT2D eigenvalue weighted by Crippen LogP contribution is -2.33. The van der Waals surface area contributed by atoms with E-state index >= 15 is 0 Å². The van der Waals surface area contributed by atoms with E-state index in [1.165, 1.54) is 44.9 Å². The molecule has 0 saturated heterocycles. The van der Waals surface area contributed by atoms with Crippen molar-refractivity contribution in [3.8, 4) is 6.07 Å². The van der Waals surface area contributed by atoms with Crippen molar-refractivity contribution in [1.29, 1.82) is 5.26 Å². The molecule has 0 bridgehead atoms. The Labute approximate surface area is 160 Å². The summed E-state index contributed by atoms with van der Waals surface area (Å²) in [5, 5.41) is 9.69.